The number of hydrogen-bond acceptors (Lipinski definition) is 4. The number of nitrogens with one attached hydrogen (secondary N) is 2. The third-order valence-corrected chi connectivity index (χ3v) is 5.47. The molecule has 1 aliphatic heterocycles. The Bertz CT molecular complexity index is 845. The van der Waals surface area contributed by atoms with Crippen molar-refractivity contribution in [2.45, 2.75) is 25.5 Å². The Labute approximate surface area is 207 Å². The van der Waals surface area contributed by atoms with E-state index in [0.717, 1.165) is 24.2 Å². The number of aliphatic imine (C=N–C) groups is 1. The zero-order valence-electron chi connectivity index (χ0n) is 18.8. The lowest BCUT2D eigenvalue weighted by Crippen LogP contribution is -2.46. The van der Waals surface area contributed by atoms with Crippen LogP contribution in [0.3, 0.4) is 0 Å². The van der Waals surface area contributed by atoms with Gasteiger partial charge >= 0.3 is 0 Å². The average molecular weight is 556 g/mol. The Hall–Kier alpha value is -1.75. The van der Waals surface area contributed by atoms with Crippen molar-refractivity contribution in [2.75, 3.05) is 45.9 Å². The molecule has 0 bridgehead atoms. The zero-order valence-corrected chi connectivity index (χ0v) is 21.1. The Morgan fingerprint density at radius 3 is 2.53 bits per heavy atom. The number of aliphatic hydroxyl groups is 1. The molecule has 8 heteroatoms. The van der Waals surface area contributed by atoms with E-state index in [9.17, 15) is 9.50 Å². The summed E-state index contributed by atoms with van der Waals surface area (Å²) in [6.07, 6.45) is 0. The minimum atomic E-state index is -1.07. The van der Waals surface area contributed by atoms with Gasteiger partial charge in [-0.3, -0.25) is 4.90 Å². The highest BCUT2D eigenvalue weighted by atomic mass is 127. The number of guanidine groups is 1. The largest absolute Gasteiger partial charge is 0.384 e. The van der Waals surface area contributed by atoms with Crippen LogP contribution in [0.5, 0.6) is 0 Å². The molecule has 0 amide bonds. The SMILES string of the molecule is CCNC(=NCC(C)(O)c1ccccc1)NCC(c1cccc(F)c1)N1CCOCC1.I. The molecular weight excluding hydrogens is 522 g/mol. The normalized spacial score (nSPS) is 17.7. The molecule has 176 valence electrons. The second-order valence-electron chi connectivity index (χ2n) is 7.94. The third-order valence-electron chi connectivity index (χ3n) is 5.47. The van der Waals surface area contributed by atoms with Crippen molar-refractivity contribution in [3.63, 3.8) is 0 Å². The number of benzene rings is 2. The summed E-state index contributed by atoms with van der Waals surface area (Å²) in [5.41, 5.74) is 0.664. The molecule has 2 aromatic rings. The molecule has 0 aromatic heterocycles. The molecule has 1 heterocycles. The minimum absolute atomic E-state index is 0. The molecule has 0 saturated carbocycles. The Morgan fingerprint density at radius 1 is 1.16 bits per heavy atom. The second-order valence-corrected chi connectivity index (χ2v) is 7.94. The number of nitrogens with zero attached hydrogens (tertiary/aromatic N) is 2. The van der Waals surface area contributed by atoms with E-state index in [1.165, 1.54) is 6.07 Å². The molecule has 3 N–H and O–H groups in total. The smallest absolute Gasteiger partial charge is 0.191 e. The predicted octanol–water partition coefficient (Wildman–Crippen LogP) is 3.28. The maximum atomic E-state index is 13.9. The van der Waals surface area contributed by atoms with Gasteiger partial charge in [0, 0.05) is 26.2 Å². The Morgan fingerprint density at radius 2 is 1.88 bits per heavy atom. The van der Waals surface area contributed by atoms with Crippen LogP contribution in [0.15, 0.2) is 59.6 Å². The molecule has 3 rings (SSSR count). The first kappa shape index (κ1) is 26.5. The molecule has 2 aromatic carbocycles. The Balaban J connectivity index is 0.00000363. The predicted molar refractivity (Wildman–Crippen MR) is 137 cm³/mol. The molecule has 0 radical (unpaired) electrons. The van der Waals surface area contributed by atoms with Gasteiger partial charge in [-0.25, -0.2) is 9.38 Å². The van der Waals surface area contributed by atoms with Crippen molar-refractivity contribution in [1.82, 2.24) is 15.5 Å². The molecule has 1 fully saturated rings. The molecule has 1 aliphatic rings. The fourth-order valence-electron chi connectivity index (χ4n) is 3.72. The van der Waals surface area contributed by atoms with Crippen molar-refractivity contribution >= 4 is 29.9 Å². The number of rotatable bonds is 8. The number of ether oxygens (including phenoxy) is 1. The molecule has 0 aliphatic carbocycles. The maximum Gasteiger partial charge on any atom is 0.191 e. The molecule has 2 atom stereocenters. The van der Waals surface area contributed by atoms with Crippen LogP contribution in [0.4, 0.5) is 4.39 Å². The first-order chi connectivity index (χ1) is 15.0. The van der Waals surface area contributed by atoms with E-state index in [1.807, 2.05) is 43.3 Å². The topological polar surface area (TPSA) is 69.1 Å². The van der Waals surface area contributed by atoms with Gasteiger partial charge in [-0.05, 0) is 37.1 Å². The van der Waals surface area contributed by atoms with Crippen LogP contribution in [0, 0.1) is 5.82 Å². The van der Waals surface area contributed by atoms with Crippen LogP contribution in [0.2, 0.25) is 0 Å². The summed E-state index contributed by atoms with van der Waals surface area (Å²) in [5, 5.41) is 17.5. The summed E-state index contributed by atoms with van der Waals surface area (Å²) >= 11 is 0. The number of morpholine rings is 1. The summed E-state index contributed by atoms with van der Waals surface area (Å²) in [7, 11) is 0. The molecule has 1 saturated heterocycles. The summed E-state index contributed by atoms with van der Waals surface area (Å²) < 4.78 is 19.4. The molecule has 6 nitrogen and oxygen atoms in total. The van der Waals surface area contributed by atoms with Crippen molar-refractivity contribution in [3.05, 3.63) is 71.5 Å². The van der Waals surface area contributed by atoms with E-state index in [2.05, 4.69) is 20.5 Å². The number of halogens is 2. The van der Waals surface area contributed by atoms with Crippen LogP contribution in [0.25, 0.3) is 0 Å². The van der Waals surface area contributed by atoms with Crippen LogP contribution in [-0.4, -0.2) is 61.9 Å². The van der Waals surface area contributed by atoms with Gasteiger partial charge in [-0.1, -0.05) is 42.5 Å². The van der Waals surface area contributed by atoms with E-state index in [0.29, 0.717) is 32.3 Å². The average Bonchev–Trinajstić information content (AvgIpc) is 2.79. The van der Waals surface area contributed by atoms with E-state index in [-0.39, 0.29) is 42.4 Å². The van der Waals surface area contributed by atoms with E-state index < -0.39 is 5.60 Å². The lowest BCUT2D eigenvalue weighted by atomic mass is 9.96. The van der Waals surface area contributed by atoms with Crippen LogP contribution < -0.4 is 10.6 Å². The van der Waals surface area contributed by atoms with E-state index in [4.69, 9.17) is 4.74 Å². The van der Waals surface area contributed by atoms with E-state index >= 15 is 0 Å². The van der Waals surface area contributed by atoms with Gasteiger partial charge in [0.15, 0.2) is 5.96 Å². The van der Waals surface area contributed by atoms with Crippen LogP contribution in [0.1, 0.15) is 31.0 Å². The second kappa shape index (κ2) is 13.1. The first-order valence-electron chi connectivity index (χ1n) is 10.9. The summed E-state index contributed by atoms with van der Waals surface area (Å²) in [4.78, 5) is 6.92. The highest BCUT2D eigenvalue weighted by molar-refractivity contribution is 14.0. The number of hydrogen-bond donors (Lipinski definition) is 3. The molecule has 2 unspecified atom stereocenters. The maximum absolute atomic E-state index is 13.9. The van der Waals surface area contributed by atoms with Crippen molar-refractivity contribution in [2.24, 2.45) is 4.99 Å². The third kappa shape index (κ3) is 7.68. The first-order valence-corrected chi connectivity index (χ1v) is 10.9. The van der Waals surface area contributed by atoms with Gasteiger partial charge in [0.05, 0.1) is 25.8 Å². The highest BCUT2D eigenvalue weighted by Crippen LogP contribution is 2.23. The standard InChI is InChI=1S/C24H33FN4O2.HI/c1-3-26-23(28-18-24(2,30)20-9-5-4-6-10-20)27-17-22(29-12-14-31-15-13-29)19-8-7-11-21(25)16-19;/h4-11,16,22,30H,3,12-15,17-18H2,1-2H3,(H2,26,27,28);1H. The monoisotopic (exact) mass is 556 g/mol. The van der Waals surface area contributed by atoms with Crippen molar-refractivity contribution < 1.29 is 14.2 Å². The summed E-state index contributed by atoms with van der Waals surface area (Å²) in [6, 6.07) is 16.3. The lowest BCUT2D eigenvalue weighted by Gasteiger charge is -2.35. The van der Waals surface area contributed by atoms with Crippen LogP contribution in [-0.2, 0) is 10.3 Å². The zero-order chi connectivity index (χ0) is 22.1. The lowest BCUT2D eigenvalue weighted by molar-refractivity contribution is 0.0169. The van der Waals surface area contributed by atoms with Gasteiger partial charge in [0.25, 0.3) is 0 Å². The molecule has 32 heavy (non-hydrogen) atoms. The summed E-state index contributed by atoms with van der Waals surface area (Å²) in [5.74, 6) is 0.378. The van der Waals surface area contributed by atoms with Crippen molar-refractivity contribution in [1.29, 1.82) is 0 Å². The van der Waals surface area contributed by atoms with Crippen molar-refractivity contribution in [3.8, 4) is 0 Å². The van der Waals surface area contributed by atoms with Gasteiger partial charge in [-0.2, -0.15) is 0 Å². The molecular formula is C24H34FIN4O2. The summed E-state index contributed by atoms with van der Waals surface area (Å²) in [6.45, 7) is 8.15. The van der Waals surface area contributed by atoms with Gasteiger partial charge in [-0.15, -0.1) is 24.0 Å². The van der Waals surface area contributed by atoms with Crippen LogP contribution >= 0.6 is 24.0 Å². The van der Waals surface area contributed by atoms with Gasteiger partial charge < -0.3 is 20.5 Å². The van der Waals surface area contributed by atoms with Gasteiger partial charge in [0.1, 0.15) is 11.4 Å². The fourth-order valence-corrected chi connectivity index (χ4v) is 3.72. The quantitative estimate of drug-likeness (QED) is 0.265. The fraction of sp³-hybridized carbons (Fsp3) is 0.458. The Kier molecular flexibility index (Phi) is 10.8. The van der Waals surface area contributed by atoms with E-state index in [1.54, 1.807) is 19.1 Å². The minimum Gasteiger partial charge on any atom is -0.384 e. The highest BCUT2D eigenvalue weighted by Gasteiger charge is 2.25. The molecule has 0 spiro atoms. The van der Waals surface area contributed by atoms with Gasteiger partial charge in [0.2, 0.25) is 0 Å².